The molecular formula is C20H20F3NO3. The lowest BCUT2D eigenvalue weighted by molar-refractivity contribution is -0.137. The van der Waals surface area contributed by atoms with Crippen molar-refractivity contribution < 1.29 is 27.5 Å². The molecule has 0 aliphatic heterocycles. The standard InChI is InChI=1S/C20H20F3NO3/c1-11-9-12(2)17(13(3)10-11)24-18(25)14(4)27-19(26)15-5-7-16(8-6-15)20(21,22)23/h5-10,14H,1-4H3,(H,24,25)/t14-/m1/s1. The van der Waals surface area contributed by atoms with Gasteiger partial charge in [-0.1, -0.05) is 17.7 Å². The highest BCUT2D eigenvalue weighted by Crippen LogP contribution is 2.29. The molecule has 2 aromatic rings. The fourth-order valence-corrected chi connectivity index (χ4v) is 2.68. The topological polar surface area (TPSA) is 55.4 Å². The number of benzene rings is 2. The van der Waals surface area contributed by atoms with Gasteiger partial charge in [-0.3, -0.25) is 4.79 Å². The summed E-state index contributed by atoms with van der Waals surface area (Å²) < 4.78 is 42.8. The first-order valence-electron chi connectivity index (χ1n) is 8.26. The van der Waals surface area contributed by atoms with Crippen LogP contribution in [0.3, 0.4) is 0 Å². The first-order valence-corrected chi connectivity index (χ1v) is 8.26. The molecule has 0 aromatic heterocycles. The Morgan fingerprint density at radius 3 is 2.00 bits per heavy atom. The number of hydrogen-bond donors (Lipinski definition) is 1. The lowest BCUT2D eigenvalue weighted by Gasteiger charge is -2.17. The summed E-state index contributed by atoms with van der Waals surface area (Å²) in [5, 5.41) is 2.73. The molecule has 27 heavy (non-hydrogen) atoms. The van der Waals surface area contributed by atoms with Crippen LogP contribution < -0.4 is 5.32 Å². The molecule has 1 amide bonds. The molecule has 2 aromatic carbocycles. The van der Waals surface area contributed by atoms with Crippen LogP contribution >= 0.6 is 0 Å². The van der Waals surface area contributed by atoms with Gasteiger partial charge in [0.2, 0.25) is 0 Å². The molecule has 1 atom stereocenters. The third kappa shape index (κ3) is 5.09. The summed E-state index contributed by atoms with van der Waals surface area (Å²) in [6.45, 7) is 7.05. The number of aryl methyl sites for hydroxylation is 3. The molecular weight excluding hydrogens is 359 g/mol. The number of halogens is 3. The Balaban J connectivity index is 2.05. The van der Waals surface area contributed by atoms with Crippen molar-refractivity contribution >= 4 is 17.6 Å². The number of carbonyl (C=O) groups excluding carboxylic acids is 2. The Labute approximate surface area is 155 Å². The largest absolute Gasteiger partial charge is 0.449 e. The normalized spacial score (nSPS) is 12.4. The van der Waals surface area contributed by atoms with E-state index in [2.05, 4.69) is 5.32 Å². The van der Waals surface area contributed by atoms with Crippen molar-refractivity contribution in [3.63, 3.8) is 0 Å². The van der Waals surface area contributed by atoms with Crippen LogP contribution in [-0.2, 0) is 15.7 Å². The predicted octanol–water partition coefficient (Wildman–Crippen LogP) is 4.81. The van der Waals surface area contributed by atoms with Crippen LogP contribution in [0.15, 0.2) is 36.4 Å². The minimum Gasteiger partial charge on any atom is -0.449 e. The summed E-state index contributed by atoms with van der Waals surface area (Å²) in [6, 6.07) is 7.46. The SMILES string of the molecule is Cc1cc(C)c(NC(=O)[C@@H](C)OC(=O)c2ccc(C(F)(F)F)cc2)c(C)c1. The quantitative estimate of drug-likeness (QED) is 0.776. The highest BCUT2D eigenvalue weighted by atomic mass is 19.4. The van der Waals surface area contributed by atoms with E-state index < -0.39 is 29.7 Å². The molecule has 0 saturated carbocycles. The van der Waals surface area contributed by atoms with Gasteiger partial charge in [0.05, 0.1) is 11.1 Å². The van der Waals surface area contributed by atoms with Crippen LogP contribution in [0.1, 0.15) is 39.5 Å². The minimum atomic E-state index is -4.49. The fraction of sp³-hybridized carbons (Fsp3) is 0.300. The Kier molecular flexibility index (Phi) is 5.93. The molecule has 4 nitrogen and oxygen atoms in total. The van der Waals surface area contributed by atoms with Gasteiger partial charge >= 0.3 is 12.1 Å². The summed E-state index contributed by atoms with van der Waals surface area (Å²) in [4.78, 5) is 24.4. The number of alkyl halides is 3. The van der Waals surface area contributed by atoms with Gasteiger partial charge in [-0.15, -0.1) is 0 Å². The highest BCUT2D eigenvalue weighted by Gasteiger charge is 2.30. The van der Waals surface area contributed by atoms with Crippen LogP contribution in [0.2, 0.25) is 0 Å². The third-order valence-electron chi connectivity index (χ3n) is 4.03. The van der Waals surface area contributed by atoms with E-state index in [0.29, 0.717) is 5.69 Å². The van der Waals surface area contributed by atoms with E-state index in [-0.39, 0.29) is 5.56 Å². The molecule has 0 saturated heterocycles. The molecule has 0 bridgehead atoms. The zero-order chi connectivity index (χ0) is 20.4. The minimum absolute atomic E-state index is 0.0645. The lowest BCUT2D eigenvalue weighted by Crippen LogP contribution is -2.30. The van der Waals surface area contributed by atoms with Crippen molar-refractivity contribution in [1.82, 2.24) is 0 Å². The van der Waals surface area contributed by atoms with Crippen molar-refractivity contribution in [2.75, 3.05) is 5.32 Å². The maximum absolute atomic E-state index is 12.6. The first-order chi connectivity index (χ1) is 12.5. The number of anilines is 1. The van der Waals surface area contributed by atoms with Crippen LogP contribution in [0, 0.1) is 20.8 Å². The number of hydrogen-bond acceptors (Lipinski definition) is 3. The van der Waals surface area contributed by atoms with Crippen molar-refractivity contribution in [2.24, 2.45) is 0 Å². The Bertz CT molecular complexity index is 835. The van der Waals surface area contributed by atoms with Gasteiger partial charge in [-0.25, -0.2) is 4.79 Å². The van der Waals surface area contributed by atoms with E-state index in [4.69, 9.17) is 4.74 Å². The number of rotatable bonds is 4. The second kappa shape index (κ2) is 7.82. The van der Waals surface area contributed by atoms with Gasteiger partial charge in [-0.05, 0) is 63.1 Å². The molecule has 0 aliphatic carbocycles. The van der Waals surface area contributed by atoms with Crippen molar-refractivity contribution in [3.8, 4) is 0 Å². The van der Waals surface area contributed by atoms with Crippen molar-refractivity contribution in [1.29, 1.82) is 0 Å². The molecule has 0 unspecified atom stereocenters. The summed E-state index contributed by atoms with van der Waals surface area (Å²) >= 11 is 0. The average molecular weight is 379 g/mol. The molecule has 0 radical (unpaired) electrons. The second-order valence-corrected chi connectivity index (χ2v) is 6.39. The molecule has 1 N–H and O–H groups in total. The zero-order valence-corrected chi connectivity index (χ0v) is 15.4. The van der Waals surface area contributed by atoms with Gasteiger partial charge in [0.25, 0.3) is 5.91 Å². The predicted molar refractivity (Wildman–Crippen MR) is 95.6 cm³/mol. The van der Waals surface area contributed by atoms with Crippen LogP contribution in [0.5, 0.6) is 0 Å². The summed E-state index contributed by atoms with van der Waals surface area (Å²) in [7, 11) is 0. The number of esters is 1. The monoisotopic (exact) mass is 379 g/mol. The van der Waals surface area contributed by atoms with E-state index in [9.17, 15) is 22.8 Å². The van der Waals surface area contributed by atoms with Gasteiger partial charge in [0.1, 0.15) is 0 Å². The summed E-state index contributed by atoms with van der Waals surface area (Å²) in [5.41, 5.74) is 2.53. The molecule has 0 spiro atoms. The second-order valence-electron chi connectivity index (χ2n) is 6.39. The highest BCUT2D eigenvalue weighted by molar-refractivity contribution is 5.98. The average Bonchev–Trinajstić information content (AvgIpc) is 2.57. The maximum atomic E-state index is 12.6. The summed E-state index contributed by atoms with van der Waals surface area (Å²) in [6.07, 6.45) is -5.60. The Hall–Kier alpha value is -2.83. The number of nitrogens with one attached hydrogen (secondary N) is 1. The maximum Gasteiger partial charge on any atom is 0.416 e. The van der Waals surface area contributed by atoms with Crippen LogP contribution in [0.25, 0.3) is 0 Å². The van der Waals surface area contributed by atoms with E-state index >= 15 is 0 Å². The molecule has 0 heterocycles. The lowest BCUT2D eigenvalue weighted by atomic mass is 10.0. The van der Waals surface area contributed by atoms with E-state index in [0.717, 1.165) is 41.0 Å². The molecule has 144 valence electrons. The van der Waals surface area contributed by atoms with Gasteiger partial charge < -0.3 is 10.1 Å². The van der Waals surface area contributed by atoms with E-state index in [1.165, 1.54) is 6.92 Å². The van der Waals surface area contributed by atoms with Gasteiger partial charge in [-0.2, -0.15) is 13.2 Å². The van der Waals surface area contributed by atoms with Crippen molar-refractivity contribution in [3.05, 3.63) is 64.2 Å². The summed E-state index contributed by atoms with van der Waals surface area (Å²) in [5.74, 6) is -1.39. The fourth-order valence-electron chi connectivity index (χ4n) is 2.68. The van der Waals surface area contributed by atoms with Crippen molar-refractivity contribution in [2.45, 2.75) is 40.0 Å². The van der Waals surface area contributed by atoms with E-state index in [1.54, 1.807) is 0 Å². The number of carbonyl (C=O) groups is 2. The Morgan fingerprint density at radius 2 is 1.52 bits per heavy atom. The van der Waals surface area contributed by atoms with Gasteiger partial charge in [0.15, 0.2) is 6.10 Å². The number of ether oxygens (including phenoxy) is 1. The van der Waals surface area contributed by atoms with Gasteiger partial charge in [0, 0.05) is 5.69 Å². The first kappa shape index (κ1) is 20.5. The zero-order valence-electron chi connectivity index (χ0n) is 15.4. The molecule has 0 fully saturated rings. The molecule has 0 aliphatic rings. The molecule has 2 rings (SSSR count). The Morgan fingerprint density at radius 1 is 1.00 bits per heavy atom. The van der Waals surface area contributed by atoms with Crippen LogP contribution in [-0.4, -0.2) is 18.0 Å². The number of amides is 1. The van der Waals surface area contributed by atoms with Crippen LogP contribution in [0.4, 0.5) is 18.9 Å². The molecule has 7 heteroatoms. The third-order valence-corrected chi connectivity index (χ3v) is 4.03. The smallest absolute Gasteiger partial charge is 0.416 e. The van der Waals surface area contributed by atoms with E-state index in [1.807, 2.05) is 32.9 Å².